The summed E-state index contributed by atoms with van der Waals surface area (Å²) in [7, 11) is 0. The lowest BCUT2D eigenvalue weighted by Crippen LogP contribution is -2.48. The van der Waals surface area contributed by atoms with Crippen molar-refractivity contribution in [3.8, 4) is 0 Å². The summed E-state index contributed by atoms with van der Waals surface area (Å²) in [4.78, 5) is 0. The van der Waals surface area contributed by atoms with Crippen molar-refractivity contribution in [2.45, 2.75) is 10.3 Å². The van der Waals surface area contributed by atoms with Gasteiger partial charge >= 0.3 is 5.92 Å². The highest BCUT2D eigenvalue weighted by Gasteiger charge is 2.69. The van der Waals surface area contributed by atoms with Crippen LogP contribution < -0.4 is 0 Å². The van der Waals surface area contributed by atoms with E-state index in [1.165, 1.54) is 0 Å². The number of hydrogen-bond acceptors (Lipinski definition) is 0. The van der Waals surface area contributed by atoms with Crippen molar-refractivity contribution in [2.75, 3.05) is 0 Å². The molecule has 0 N–H and O–H groups in total. The molecule has 0 saturated heterocycles. The van der Waals surface area contributed by atoms with Crippen molar-refractivity contribution in [3.05, 3.63) is 34.4 Å². The molecule has 88 valence electrons. The van der Waals surface area contributed by atoms with Crippen LogP contribution >= 0.6 is 23.2 Å². The van der Waals surface area contributed by atoms with Crippen LogP contribution in [0.3, 0.4) is 0 Å². The number of alkyl halides is 4. The zero-order chi connectivity index (χ0) is 12.5. The van der Waals surface area contributed by atoms with E-state index in [1.807, 2.05) is 0 Å². The number of rotatable bonds is 0. The maximum Gasteiger partial charge on any atom is 0.313 e. The molecule has 0 spiro atoms. The Balaban J connectivity index is 2.88. The highest BCUT2D eigenvalue weighted by atomic mass is 35.5. The molecule has 0 aromatic heterocycles. The predicted molar refractivity (Wildman–Crippen MR) is 43.6 cm³/mol. The molecule has 0 bridgehead atoms. The zero-order valence-electron chi connectivity index (χ0n) is 7.02. The van der Waals surface area contributed by atoms with E-state index in [0.717, 1.165) is 0 Å². The summed E-state index contributed by atoms with van der Waals surface area (Å²) in [6.07, 6.45) is 0. The van der Waals surface area contributed by atoms with Crippen LogP contribution in [0, 0.1) is 23.3 Å². The van der Waals surface area contributed by atoms with E-state index in [2.05, 4.69) is 0 Å². The van der Waals surface area contributed by atoms with Gasteiger partial charge in [0.25, 0.3) is 0 Å². The third kappa shape index (κ3) is 1.04. The second kappa shape index (κ2) is 2.98. The largest absolute Gasteiger partial charge is 0.313 e. The standard InChI is InChI=1S/C8Cl2F6/c9-7(10)1-2(8(7,15)16)4(12)6(14)5(13)3(1)11. The van der Waals surface area contributed by atoms with Crippen molar-refractivity contribution in [1.82, 2.24) is 0 Å². The van der Waals surface area contributed by atoms with Gasteiger partial charge in [-0.1, -0.05) is 23.2 Å². The summed E-state index contributed by atoms with van der Waals surface area (Å²) in [6.45, 7) is 0. The molecule has 1 aromatic rings. The van der Waals surface area contributed by atoms with Crippen molar-refractivity contribution < 1.29 is 26.3 Å². The summed E-state index contributed by atoms with van der Waals surface area (Å²) in [6, 6.07) is 0. The molecular formula is C8Cl2F6. The lowest BCUT2D eigenvalue weighted by Gasteiger charge is -2.41. The minimum Gasteiger partial charge on any atom is -0.203 e. The Morgan fingerprint density at radius 2 is 1.06 bits per heavy atom. The van der Waals surface area contributed by atoms with Gasteiger partial charge < -0.3 is 0 Å². The Labute approximate surface area is 94.8 Å². The summed E-state index contributed by atoms with van der Waals surface area (Å²) < 4.78 is 74.5. The number of hydrogen-bond donors (Lipinski definition) is 0. The maximum absolute atomic E-state index is 13.1. The molecule has 0 amide bonds. The minimum absolute atomic E-state index is 1.27. The topological polar surface area (TPSA) is 0 Å². The number of fused-ring (bicyclic) bond motifs is 1. The van der Waals surface area contributed by atoms with Crippen LogP contribution in [-0.4, -0.2) is 0 Å². The third-order valence-electron chi connectivity index (χ3n) is 2.29. The van der Waals surface area contributed by atoms with Gasteiger partial charge in [0, 0.05) is 5.56 Å². The van der Waals surface area contributed by atoms with E-state index < -0.39 is 44.7 Å². The van der Waals surface area contributed by atoms with Crippen LogP contribution in [0.5, 0.6) is 0 Å². The molecule has 0 heterocycles. The first kappa shape index (κ1) is 11.9. The van der Waals surface area contributed by atoms with Crippen molar-refractivity contribution in [1.29, 1.82) is 0 Å². The van der Waals surface area contributed by atoms with Gasteiger partial charge in [0.2, 0.25) is 4.33 Å². The van der Waals surface area contributed by atoms with Gasteiger partial charge in [-0.05, 0) is 0 Å². The summed E-state index contributed by atoms with van der Waals surface area (Å²) in [5, 5.41) is 0. The van der Waals surface area contributed by atoms with E-state index in [0.29, 0.717) is 0 Å². The first-order chi connectivity index (χ1) is 7.14. The van der Waals surface area contributed by atoms with Gasteiger partial charge in [0.1, 0.15) is 0 Å². The molecule has 0 radical (unpaired) electrons. The fourth-order valence-electron chi connectivity index (χ4n) is 1.47. The predicted octanol–water partition coefficient (Wildman–Crippen LogP) is 3.98. The van der Waals surface area contributed by atoms with E-state index in [9.17, 15) is 26.3 Å². The maximum atomic E-state index is 13.1. The normalized spacial score (nSPS) is 20.2. The number of halogens is 8. The van der Waals surface area contributed by atoms with Gasteiger partial charge in [0.05, 0.1) is 5.56 Å². The van der Waals surface area contributed by atoms with Crippen LogP contribution in [0.2, 0.25) is 0 Å². The molecule has 0 atom stereocenters. The Morgan fingerprint density at radius 3 is 1.50 bits per heavy atom. The Bertz CT molecular complexity index is 451. The van der Waals surface area contributed by atoms with Crippen LogP contribution in [0.25, 0.3) is 0 Å². The second-order valence-electron chi connectivity index (χ2n) is 3.15. The molecule has 0 saturated carbocycles. The van der Waals surface area contributed by atoms with Crippen LogP contribution in [0.4, 0.5) is 26.3 Å². The molecule has 0 nitrogen and oxygen atoms in total. The quantitative estimate of drug-likeness (QED) is 0.292. The summed E-state index contributed by atoms with van der Waals surface area (Å²) in [5.41, 5.74) is -2.91. The molecule has 1 aliphatic carbocycles. The third-order valence-corrected chi connectivity index (χ3v) is 3.14. The van der Waals surface area contributed by atoms with Gasteiger partial charge in [-0.25, -0.2) is 17.6 Å². The molecule has 0 fully saturated rings. The monoisotopic (exact) mass is 280 g/mol. The highest BCUT2D eigenvalue weighted by Crippen LogP contribution is 2.65. The highest BCUT2D eigenvalue weighted by molar-refractivity contribution is 6.50. The fourth-order valence-corrected chi connectivity index (χ4v) is 2.02. The first-order valence-corrected chi connectivity index (χ1v) is 4.52. The van der Waals surface area contributed by atoms with Crippen LogP contribution in [-0.2, 0) is 10.3 Å². The first-order valence-electron chi connectivity index (χ1n) is 3.76. The molecular weight excluding hydrogens is 281 g/mol. The van der Waals surface area contributed by atoms with Crippen LogP contribution in [0.15, 0.2) is 0 Å². The average Bonchev–Trinajstić information content (AvgIpc) is 2.19. The van der Waals surface area contributed by atoms with E-state index in [-0.39, 0.29) is 0 Å². The summed E-state index contributed by atoms with van der Waals surface area (Å²) >= 11 is 10.1. The minimum atomic E-state index is -4.18. The Morgan fingerprint density at radius 1 is 0.688 bits per heavy atom. The van der Waals surface area contributed by atoms with Gasteiger partial charge in [-0.15, -0.1) is 0 Å². The van der Waals surface area contributed by atoms with Crippen molar-refractivity contribution >= 4 is 23.2 Å². The van der Waals surface area contributed by atoms with Crippen molar-refractivity contribution in [3.63, 3.8) is 0 Å². The molecule has 16 heavy (non-hydrogen) atoms. The van der Waals surface area contributed by atoms with Crippen molar-refractivity contribution in [2.24, 2.45) is 0 Å². The second-order valence-corrected chi connectivity index (χ2v) is 4.48. The van der Waals surface area contributed by atoms with E-state index in [4.69, 9.17) is 23.2 Å². The molecule has 8 heteroatoms. The Kier molecular flexibility index (Phi) is 2.21. The molecule has 0 unspecified atom stereocenters. The molecule has 1 aliphatic rings. The van der Waals surface area contributed by atoms with Gasteiger partial charge in [0.15, 0.2) is 23.3 Å². The number of benzene rings is 1. The Hall–Kier alpha value is -0.620. The van der Waals surface area contributed by atoms with E-state index in [1.54, 1.807) is 0 Å². The van der Waals surface area contributed by atoms with E-state index >= 15 is 0 Å². The van der Waals surface area contributed by atoms with Gasteiger partial charge in [-0.2, -0.15) is 8.78 Å². The fraction of sp³-hybridized carbons (Fsp3) is 0.250. The summed E-state index contributed by atoms with van der Waals surface area (Å²) in [5.74, 6) is -12.9. The van der Waals surface area contributed by atoms with Crippen LogP contribution in [0.1, 0.15) is 11.1 Å². The SMILES string of the molecule is Fc1c(F)c(F)c2c(c1F)C(F)(F)C2(Cl)Cl. The lowest BCUT2D eigenvalue weighted by atomic mass is 9.82. The molecule has 0 aliphatic heterocycles. The molecule has 1 aromatic carbocycles. The average molecular weight is 281 g/mol. The molecule has 2 rings (SSSR count). The zero-order valence-corrected chi connectivity index (χ0v) is 8.54. The lowest BCUT2D eigenvalue weighted by molar-refractivity contribution is -0.0587. The van der Waals surface area contributed by atoms with Gasteiger partial charge in [-0.3, -0.25) is 0 Å². The smallest absolute Gasteiger partial charge is 0.203 e.